The molecule has 3 nitrogen and oxygen atoms in total. The number of carbonyl (C=O) groups is 1. The summed E-state index contributed by atoms with van der Waals surface area (Å²) in [5, 5.41) is 3.05. The van der Waals surface area contributed by atoms with Crippen molar-refractivity contribution >= 4 is 18.3 Å². The SMILES string of the molecule is CNCCN(C)C(=O)Cc1ccc(-c2ccccc2)cc1.Cl. The van der Waals surface area contributed by atoms with Gasteiger partial charge in [0.1, 0.15) is 0 Å². The Morgan fingerprint density at radius 1 is 1.00 bits per heavy atom. The number of carbonyl (C=O) groups excluding carboxylic acids is 1. The zero-order chi connectivity index (χ0) is 15.1. The Kier molecular flexibility index (Phi) is 7.64. The number of nitrogens with zero attached hydrogens (tertiary/aromatic N) is 1. The number of amides is 1. The van der Waals surface area contributed by atoms with Gasteiger partial charge in [0, 0.05) is 20.1 Å². The van der Waals surface area contributed by atoms with Gasteiger partial charge in [-0.1, -0.05) is 54.6 Å². The van der Waals surface area contributed by atoms with Crippen molar-refractivity contribution in [3.05, 3.63) is 60.2 Å². The van der Waals surface area contributed by atoms with Crippen molar-refractivity contribution in [3.63, 3.8) is 0 Å². The van der Waals surface area contributed by atoms with Crippen molar-refractivity contribution < 1.29 is 4.79 Å². The molecule has 118 valence electrons. The van der Waals surface area contributed by atoms with Crippen LogP contribution in [0.5, 0.6) is 0 Å². The third kappa shape index (κ3) is 5.17. The van der Waals surface area contributed by atoms with Crippen LogP contribution in [0.4, 0.5) is 0 Å². The molecule has 0 spiro atoms. The summed E-state index contributed by atoms with van der Waals surface area (Å²) in [5.41, 5.74) is 3.42. The lowest BCUT2D eigenvalue weighted by Gasteiger charge is -2.17. The van der Waals surface area contributed by atoms with E-state index in [1.54, 1.807) is 4.90 Å². The summed E-state index contributed by atoms with van der Waals surface area (Å²) in [6, 6.07) is 18.5. The second-order valence-electron chi connectivity index (χ2n) is 5.16. The Hall–Kier alpha value is -1.84. The molecule has 0 atom stereocenters. The molecule has 22 heavy (non-hydrogen) atoms. The highest BCUT2D eigenvalue weighted by atomic mass is 35.5. The quantitative estimate of drug-likeness (QED) is 0.888. The number of rotatable bonds is 6. The summed E-state index contributed by atoms with van der Waals surface area (Å²) in [6.45, 7) is 1.55. The Morgan fingerprint density at radius 3 is 2.18 bits per heavy atom. The zero-order valence-corrected chi connectivity index (χ0v) is 13.9. The monoisotopic (exact) mass is 318 g/mol. The minimum atomic E-state index is 0. The van der Waals surface area contributed by atoms with Crippen LogP contribution in [0.25, 0.3) is 11.1 Å². The number of nitrogens with one attached hydrogen (secondary N) is 1. The molecule has 0 unspecified atom stereocenters. The molecule has 0 aromatic heterocycles. The lowest BCUT2D eigenvalue weighted by molar-refractivity contribution is -0.129. The van der Waals surface area contributed by atoms with E-state index in [0.29, 0.717) is 6.42 Å². The average Bonchev–Trinajstić information content (AvgIpc) is 2.54. The number of benzene rings is 2. The predicted molar refractivity (Wildman–Crippen MR) is 94.4 cm³/mol. The highest BCUT2D eigenvalue weighted by Crippen LogP contribution is 2.19. The smallest absolute Gasteiger partial charge is 0.226 e. The topological polar surface area (TPSA) is 32.3 Å². The predicted octanol–water partition coefficient (Wildman–Crippen LogP) is 3.00. The lowest BCUT2D eigenvalue weighted by atomic mass is 10.0. The molecule has 0 bridgehead atoms. The Balaban J connectivity index is 0.00000242. The fourth-order valence-corrected chi connectivity index (χ4v) is 2.16. The Morgan fingerprint density at radius 2 is 1.59 bits per heavy atom. The molecule has 1 N–H and O–H groups in total. The number of hydrogen-bond acceptors (Lipinski definition) is 2. The van der Waals surface area contributed by atoms with Crippen LogP contribution in [0.1, 0.15) is 5.56 Å². The molecular weight excluding hydrogens is 296 g/mol. The number of halogens is 1. The standard InChI is InChI=1S/C18H22N2O.ClH/c1-19-12-13-20(2)18(21)14-15-8-10-17(11-9-15)16-6-4-3-5-7-16;/h3-11,19H,12-14H2,1-2H3;1H. The van der Waals surface area contributed by atoms with E-state index in [1.165, 1.54) is 11.1 Å². The molecule has 0 aliphatic rings. The van der Waals surface area contributed by atoms with Crippen LogP contribution in [-0.2, 0) is 11.2 Å². The molecule has 0 fully saturated rings. The maximum atomic E-state index is 12.1. The molecule has 0 saturated heterocycles. The van der Waals surface area contributed by atoms with Crippen molar-refractivity contribution in [1.82, 2.24) is 10.2 Å². The second-order valence-corrected chi connectivity index (χ2v) is 5.16. The Labute approximate surface area is 138 Å². The van der Waals surface area contributed by atoms with E-state index >= 15 is 0 Å². The van der Waals surface area contributed by atoms with Crippen molar-refractivity contribution in [1.29, 1.82) is 0 Å². The van der Waals surface area contributed by atoms with Gasteiger partial charge in [-0.3, -0.25) is 4.79 Å². The molecule has 2 rings (SSSR count). The first-order valence-electron chi connectivity index (χ1n) is 7.23. The van der Waals surface area contributed by atoms with Crippen LogP contribution in [0.15, 0.2) is 54.6 Å². The van der Waals surface area contributed by atoms with Crippen LogP contribution >= 0.6 is 12.4 Å². The number of likely N-dealkylation sites (N-methyl/N-ethyl adjacent to an activating group) is 2. The highest BCUT2D eigenvalue weighted by Gasteiger charge is 2.09. The maximum absolute atomic E-state index is 12.1. The van der Waals surface area contributed by atoms with Gasteiger partial charge in [0.05, 0.1) is 6.42 Å². The largest absolute Gasteiger partial charge is 0.344 e. The van der Waals surface area contributed by atoms with E-state index in [1.807, 2.05) is 44.4 Å². The summed E-state index contributed by atoms with van der Waals surface area (Å²) < 4.78 is 0. The van der Waals surface area contributed by atoms with Crippen molar-refractivity contribution in [2.45, 2.75) is 6.42 Å². The van der Waals surface area contributed by atoms with Gasteiger partial charge < -0.3 is 10.2 Å². The molecule has 0 heterocycles. The van der Waals surface area contributed by atoms with Crippen molar-refractivity contribution in [2.75, 3.05) is 27.2 Å². The fourth-order valence-electron chi connectivity index (χ4n) is 2.16. The first-order chi connectivity index (χ1) is 10.2. The minimum absolute atomic E-state index is 0. The number of hydrogen-bond donors (Lipinski definition) is 1. The molecule has 2 aromatic carbocycles. The second kappa shape index (κ2) is 9.23. The molecule has 0 aliphatic heterocycles. The van der Waals surface area contributed by atoms with Crippen LogP contribution in [0.3, 0.4) is 0 Å². The first-order valence-corrected chi connectivity index (χ1v) is 7.23. The van der Waals surface area contributed by atoms with Crippen molar-refractivity contribution in [3.8, 4) is 11.1 Å². The van der Waals surface area contributed by atoms with E-state index in [4.69, 9.17) is 0 Å². The van der Waals surface area contributed by atoms with Crippen LogP contribution in [-0.4, -0.2) is 38.0 Å². The molecular formula is C18H23ClN2O. The van der Waals surface area contributed by atoms with Gasteiger partial charge in [0.25, 0.3) is 0 Å². The maximum Gasteiger partial charge on any atom is 0.226 e. The molecule has 2 aromatic rings. The molecule has 0 saturated carbocycles. The van der Waals surface area contributed by atoms with Gasteiger partial charge in [-0.05, 0) is 23.7 Å². The van der Waals surface area contributed by atoms with Gasteiger partial charge in [-0.2, -0.15) is 0 Å². The molecule has 0 radical (unpaired) electrons. The minimum Gasteiger partial charge on any atom is -0.344 e. The third-order valence-electron chi connectivity index (χ3n) is 3.54. The first kappa shape index (κ1) is 18.2. The van der Waals surface area contributed by atoms with Crippen LogP contribution in [0.2, 0.25) is 0 Å². The van der Waals surface area contributed by atoms with Gasteiger partial charge in [-0.15, -0.1) is 12.4 Å². The van der Waals surface area contributed by atoms with Crippen molar-refractivity contribution in [2.24, 2.45) is 0 Å². The zero-order valence-electron chi connectivity index (χ0n) is 13.1. The van der Waals surface area contributed by atoms with Crippen LogP contribution < -0.4 is 5.32 Å². The van der Waals surface area contributed by atoms with E-state index in [2.05, 4.69) is 29.6 Å². The summed E-state index contributed by atoms with van der Waals surface area (Å²) >= 11 is 0. The van der Waals surface area contributed by atoms with Gasteiger partial charge >= 0.3 is 0 Å². The van der Waals surface area contributed by atoms with Gasteiger partial charge in [0.15, 0.2) is 0 Å². The fraction of sp³-hybridized carbons (Fsp3) is 0.278. The summed E-state index contributed by atoms with van der Waals surface area (Å²) in [5.74, 6) is 0.151. The summed E-state index contributed by atoms with van der Waals surface area (Å²) in [4.78, 5) is 13.8. The third-order valence-corrected chi connectivity index (χ3v) is 3.54. The van der Waals surface area contributed by atoms with Gasteiger partial charge in [0.2, 0.25) is 5.91 Å². The molecule has 1 amide bonds. The summed E-state index contributed by atoms with van der Waals surface area (Å²) in [7, 11) is 3.73. The lowest BCUT2D eigenvalue weighted by Crippen LogP contribution is -2.33. The average molecular weight is 319 g/mol. The summed E-state index contributed by atoms with van der Waals surface area (Å²) in [6.07, 6.45) is 0.454. The van der Waals surface area contributed by atoms with E-state index in [0.717, 1.165) is 18.7 Å². The molecule has 0 aliphatic carbocycles. The highest BCUT2D eigenvalue weighted by molar-refractivity contribution is 5.85. The Bertz CT molecular complexity index is 569. The van der Waals surface area contributed by atoms with E-state index in [-0.39, 0.29) is 18.3 Å². The van der Waals surface area contributed by atoms with E-state index < -0.39 is 0 Å². The van der Waals surface area contributed by atoms with Crippen LogP contribution in [0, 0.1) is 0 Å². The normalized spacial score (nSPS) is 9.91. The molecule has 4 heteroatoms. The van der Waals surface area contributed by atoms with Gasteiger partial charge in [-0.25, -0.2) is 0 Å². The van der Waals surface area contributed by atoms with E-state index in [9.17, 15) is 4.79 Å².